The molecule has 0 aliphatic carbocycles. The molecule has 0 saturated carbocycles. The molecular formula is C11H22N2OS. The van der Waals surface area contributed by atoms with Crippen LogP contribution in [0, 0.1) is 0 Å². The molecule has 0 spiro atoms. The van der Waals surface area contributed by atoms with E-state index in [1.165, 1.54) is 24.3 Å². The molecule has 0 aromatic carbocycles. The van der Waals surface area contributed by atoms with E-state index < -0.39 is 0 Å². The van der Waals surface area contributed by atoms with Crippen molar-refractivity contribution in [1.29, 1.82) is 0 Å². The van der Waals surface area contributed by atoms with E-state index in [2.05, 4.69) is 10.6 Å². The highest BCUT2D eigenvalue weighted by Gasteiger charge is 2.13. The molecule has 1 atom stereocenters. The number of hydrogen-bond donors (Lipinski definition) is 2. The molecule has 1 aliphatic heterocycles. The molecule has 1 rings (SSSR count). The second-order valence-electron chi connectivity index (χ2n) is 4.34. The third-order valence-electron chi connectivity index (χ3n) is 2.40. The van der Waals surface area contributed by atoms with E-state index in [1.807, 2.05) is 25.6 Å². The monoisotopic (exact) mass is 230 g/mol. The van der Waals surface area contributed by atoms with E-state index in [0.717, 1.165) is 6.54 Å². The van der Waals surface area contributed by atoms with Crippen molar-refractivity contribution in [3.8, 4) is 0 Å². The Morgan fingerprint density at radius 3 is 2.93 bits per heavy atom. The van der Waals surface area contributed by atoms with Gasteiger partial charge >= 0.3 is 0 Å². The van der Waals surface area contributed by atoms with Crippen molar-refractivity contribution in [3.05, 3.63) is 0 Å². The van der Waals surface area contributed by atoms with Crippen LogP contribution in [0.1, 0.15) is 33.1 Å². The van der Waals surface area contributed by atoms with Gasteiger partial charge in [0.15, 0.2) is 0 Å². The fourth-order valence-corrected chi connectivity index (χ4v) is 2.79. The van der Waals surface area contributed by atoms with Crippen LogP contribution in [0.15, 0.2) is 0 Å². The Labute approximate surface area is 96.8 Å². The highest BCUT2D eigenvalue weighted by atomic mass is 32.2. The van der Waals surface area contributed by atoms with Gasteiger partial charge in [-0.05, 0) is 32.4 Å². The van der Waals surface area contributed by atoms with Crippen LogP contribution in [0.4, 0.5) is 0 Å². The second-order valence-corrected chi connectivity index (χ2v) is 5.49. The smallest absolute Gasteiger partial charge is 0.221 e. The van der Waals surface area contributed by atoms with Crippen molar-refractivity contribution in [3.63, 3.8) is 0 Å². The summed E-state index contributed by atoms with van der Waals surface area (Å²) in [4.78, 5) is 11.3. The van der Waals surface area contributed by atoms with Crippen LogP contribution < -0.4 is 10.6 Å². The number of hydrogen-bond acceptors (Lipinski definition) is 3. The third kappa shape index (κ3) is 6.05. The van der Waals surface area contributed by atoms with Gasteiger partial charge in [-0.2, -0.15) is 11.8 Å². The van der Waals surface area contributed by atoms with E-state index in [-0.39, 0.29) is 11.9 Å². The minimum Gasteiger partial charge on any atom is -0.354 e. The summed E-state index contributed by atoms with van der Waals surface area (Å²) in [6, 6.07) is 0.873. The molecule has 4 heteroatoms. The maximum Gasteiger partial charge on any atom is 0.221 e. The molecule has 0 radical (unpaired) electrons. The number of carbonyl (C=O) groups excluding carboxylic acids is 1. The van der Waals surface area contributed by atoms with Crippen molar-refractivity contribution in [2.45, 2.75) is 45.2 Å². The number of thioether (sulfide) groups is 1. The minimum absolute atomic E-state index is 0.154. The average molecular weight is 230 g/mol. The molecule has 1 heterocycles. The summed E-state index contributed by atoms with van der Waals surface area (Å²) in [5.41, 5.74) is 0. The quantitative estimate of drug-likeness (QED) is 0.750. The van der Waals surface area contributed by atoms with Gasteiger partial charge in [0.25, 0.3) is 0 Å². The molecule has 1 unspecified atom stereocenters. The zero-order valence-corrected chi connectivity index (χ0v) is 10.5. The zero-order valence-electron chi connectivity index (χ0n) is 9.71. The molecular weight excluding hydrogens is 208 g/mol. The first-order valence-corrected chi connectivity index (χ1v) is 6.94. The van der Waals surface area contributed by atoms with Crippen LogP contribution in [0.5, 0.6) is 0 Å². The number of amides is 1. The molecule has 1 saturated heterocycles. The summed E-state index contributed by atoms with van der Waals surface area (Å²) in [6.07, 6.45) is 3.17. The fourth-order valence-electron chi connectivity index (χ4n) is 1.69. The van der Waals surface area contributed by atoms with Gasteiger partial charge < -0.3 is 10.6 Å². The molecule has 1 fully saturated rings. The topological polar surface area (TPSA) is 41.1 Å². The first kappa shape index (κ1) is 12.8. The van der Waals surface area contributed by atoms with Crippen LogP contribution in [-0.2, 0) is 4.79 Å². The summed E-state index contributed by atoms with van der Waals surface area (Å²) in [5, 5.41) is 6.34. The standard InChI is InChI=1S/C11H22N2OS/c1-9(2)13-11(14)5-6-12-10-4-3-7-15-8-10/h9-10,12H,3-8H2,1-2H3,(H,13,14). The lowest BCUT2D eigenvalue weighted by Gasteiger charge is -2.22. The third-order valence-corrected chi connectivity index (χ3v) is 3.61. The summed E-state index contributed by atoms with van der Waals surface area (Å²) >= 11 is 2.01. The molecule has 2 N–H and O–H groups in total. The minimum atomic E-state index is 0.154. The van der Waals surface area contributed by atoms with Crippen LogP contribution in [0.25, 0.3) is 0 Å². The maximum atomic E-state index is 11.3. The highest BCUT2D eigenvalue weighted by molar-refractivity contribution is 7.99. The Balaban J connectivity index is 2.02. The lowest BCUT2D eigenvalue weighted by molar-refractivity contribution is -0.121. The first-order valence-electron chi connectivity index (χ1n) is 5.79. The molecule has 15 heavy (non-hydrogen) atoms. The molecule has 1 aliphatic rings. The summed E-state index contributed by atoms with van der Waals surface area (Å²) < 4.78 is 0. The van der Waals surface area contributed by atoms with E-state index in [1.54, 1.807) is 0 Å². The van der Waals surface area contributed by atoms with E-state index in [9.17, 15) is 4.79 Å². The Morgan fingerprint density at radius 1 is 1.53 bits per heavy atom. The predicted molar refractivity (Wildman–Crippen MR) is 66.2 cm³/mol. The van der Waals surface area contributed by atoms with Gasteiger partial charge in [-0.15, -0.1) is 0 Å². The normalized spacial score (nSPS) is 21.7. The Bertz CT molecular complexity index is 191. The van der Waals surface area contributed by atoms with Crippen molar-refractivity contribution in [1.82, 2.24) is 10.6 Å². The number of nitrogens with one attached hydrogen (secondary N) is 2. The molecule has 0 bridgehead atoms. The fraction of sp³-hybridized carbons (Fsp3) is 0.909. The lowest BCUT2D eigenvalue weighted by Crippen LogP contribution is -2.37. The van der Waals surface area contributed by atoms with Crippen LogP contribution in [0.2, 0.25) is 0 Å². The zero-order chi connectivity index (χ0) is 11.1. The second kappa shape index (κ2) is 7.12. The molecule has 0 aromatic rings. The van der Waals surface area contributed by atoms with Crippen LogP contribution in [0.3, 0.4) is 0 Å². The SMILES string of the molecule is CC(C)NC(=O)CCNC1CCCSC1. The van der Waals surface area contributed by atoms with E-state index in [4.69, 9.17) is 0 Å². The summed E-state index contributed by atoms with van der Waals surface area (Å²) in [5.74, 6) is 2.65. The van der Waals surface area contributed by atoms with Gasteiger partial charge in [0.1, 0.15) is 0 Å². The Kier molecular flexibility index (Phi) is 6.10. The van der Waals surface area contributed by atoms with Crippen molar-refractivity contribution >= 4 is 17.7 Å². The van der Waals surface area contributed by atoms with Gasteiger partial charge in [0.05, 0.1) is 0 Å². The number of carbonyl (C=O) groups is 1. The summed E-state index contributed by atoms with van der Waals surface area (Å²) in [6.45, 7) is 4.79. The van der Waals surface area contributed by atoms with Gasteiger partial charge in [-0.1, -0.05) is 0 Å². The van der Waals surface area contributed by atoms with Gasteiger partial charge in [-0.25, -0.2) is 0 Å². The summed E-state index contributed by atoms with van der Waals surface area (Å²) in [7, 11) is 0. The molecule has 88 valence electrons. The van der Waals surface area contributed by atoms with Crippen LogP contribution >= 0.6 is 11.8 Å². The number of rotatable bonds is 5. The van der Waals surface area contributed by atoms with Crippen molar-refractivity contribution in [2.75, 3.05) is 18.1 Å². The lowest BCUT2D eigenvalue weighted by atomic mass is 10.2. The van der Waals surface area contributed by atoms with Crippen molar-refractivity contribution in [2.24, 2.45) is 0 Å². The molecule has 0 aromatic heterocycles. The van der Waals surface area contributed by atoms with Gasteiger partial charge in [-0.3, -0.25) is 4.79 Å². The Hall–Kier alpha value is -0.220. The molecule has 3 nitrogen and oxygen atoms in total. The Morgan fingerprint density at radius 2 is 2.33 bits per heavy atom. The average Bonchev–Trinajstić information content (AvgIpc) is 2.18. The molecule has 1 amide bonds. The van der Waals surface area contributed by atoms with Gasteiger partial charge in [0.2, 0.25) is 5.91 Å². The largest absolute Gasteiger partial charge is 0.354 e. The maximum absolute atomic E-state index is 11.3. The van der Waals surface area contributed by atoms with Gasteiger partial charge in [0, 0.05) is 30.8 Å². The van der Waals surface area contributed by atoms with E-state index in [0.29, 0.717) is 12.5 Å². The predicted octanol–water partition coefficient (Wildman–Crippen LogP) is 1.39. The highest BCUT2D eigenvalue weighted by Crippen LogP contribution is 2.16. The van der Waals surface area contributed by atoms with Crippen molar-refractivity contribution < 1.29 is 4.79 Å². The van der Waals surface area contributed by atoms with E-state index >= 15 is 0 Å². The first-order chi connectivity index (χ1) is 7.18. The van der Waals surface area contributed by atoms with Crippen LogP contribution in [-0.4, -0.2) is 36.0 Å².